The number of nitrogens with one attached hydrogen (secondary N) is 1. The quantitative estimate of drug-likeness (QED) is 0.571. The predicted molar refractivity (Wildman–Crippen MR) is 76.2 cm³/mol. The number of aromatic nitrogens is 2. The lowest BCUT2D eigenvalue weighted by Crippen LogP contribution is -2.39. The standard InChI is InChI=1S/C13H22N4O4/c1-16(6-3-2-4-8-18)13(21)14-5-7-17-9-11(12(19)20)15-10-17/h9-10,18H,2-8H2,1H3,(H,14,21)(H,19,20). The second kappa shape index (κ2) is 8.96. The van der Waals surface area contributed by atoms with Crippen LogP contribution in [0.5, 0.6) is 0 Å². The maximum Gasteiger partial charge on any atom is 0.356 e. The molecule has 8 heteroatoms. The largest absolute Gasteiger partial charge is 0.476 e. The van der Waals surface area contributed by atoms with Crippen LogP contribution in [-0.2, 0) is 6.54 Å². The average Bonchev–Trinajstić information content (AvgIpc) is 2.92. The highest BCUT2D eigenvalue weighted by Crippen LogP contribution is 1.98. The van der Waals surface area contributed by atoms with E-state index in [1.54, 1.807) is 16.5 Å². The number of carboxylic acids is 1. The number of carboxylic acid groups (broad SMARTS) is 1. The van der Waals surface area contributed by atoms with Crippen molar-refractivity contribution in [2.75, 3.05) is 26.7 Å². The molecule has 0 radical (unpaired) electrons. The number of urea groups is 1. The zero-order chi connectivity index (χ0) is 15.7. The number of rotatable bonds is 9. The molecule has 0 aliphatic carbocycles. The fraction of sp³-hybridized carbons (Fsp3) is 0.615. The van der Waals surface area contributed by atoms with Crippen molar-refractivity contribution in [2.24, 2.45) is 0 Å². The molecule has 0 saturated carbocycles. The Kier molecular flexibility index (Phi) is 7.24. The summed E-state index contributed by atoms with van der Waals surface area (Å²) in [7, 11) is 1.72. The predicted octanol–water partition coefficient (Wildman–Crippen LogP) is 0.385. The first kappa shape index (κ1) is 17.0. The van der Waals surface area contributed by atoms with Crippen molar-refractivity contribution in [3.8, 4) is 0 Å². The normalized spacial score (nSPS) is 10.4. The summed E-state index contributed by atoms with van der Waals surface area (Å²) in [6.45, 7) is 1.68. The van der Waals surface area contributed by atoms with Crippen molar-refractivity contribution in [1.29, 1.82) is 0 Å². The fourth-order valence-corrected chi connectivity index (χ4v) is 1.76. The van der Waals surface area contributed by atoms with E-state index in [1.807, 2.05) is 0 Å². The van der Waals surface area contributed by atoms with Crippen molar-refractivity contribution >= 4 is 12.0 Å². The van der Waals surface area contributed by atoms with Gasteiger partial charge >= 0.3 is 12.0 Å². The zero-order valence-corrected chi connectivity index (χ0v) is 12.2. The van der Waals surface area contributed by atoms with Gasteiger partial charge in [-0.25, -0.2) is 14.6 Å². The van der Waals surface area contributed by atoms with E-state index in [4.69, 9.17) is 10.2 Å². The maximum atomic E-state index is 11.8. The number of imidazole rings is 1. The minimum Gasteiger partial charge on any atom is -0.476 e. The number of hydrogen-bond donors (Lipinski definition) is 3. The molecule has 8 nitrogen and oxygen atoms in total. The van der Waals surface area contributed by atoms with E-state index in [1.165, 1.54) is 12.5 Å². The Morgan fingerprint density at radius 2 is 2.14 bits per heavy atom. The summed E-state index contributed by atoms with van der Waals surface area (Å²) in [5, 5.41) is 20.2. The van der Waals surface area contributed by atoms with Gasteiger partial charge in [0.15, 0.2) is 5.69 Å². The Morgan fingerprint density at radius 1 is 1.38 bits per heavy atom. The summed E-state index contributed by atoms with van der Waals surface area (Å²) in [6.07, 6.45) is 5.35. The second-order valence-corrected chi connectivity index (χ2v) is 4.74. The Hall–Kier alpha value is -2.09. The van der Waals surface area contributed by atoms with Gasteiger partial charge in [-0.15, -0.1) is 0 Å². The van der Waals surface area contributed by atoms with Gasteiger partial charge in [-0.1, -0.05) is 0 Å². The van der Waals surface area contributed by atoms with Crippen LogP contribution in [0.4, 0.5) is 4.79 Å². The number of unbranched alkanes of at least 4 members (excludes halogenated alkanes) is 2. The molecule has 0 spiro atoms. The highest BCUT2D eigenvalue weighted by molar-refractivity contribution is 5.84. The summed E-state index contributed by atoms with van der Waals surface area (Å²) in [5.41, 5.74) is -0.0117. The Balaban J connectivity index is 2.21. The Morgan fingerprint density at radius 3 is 2.76 bits per heavy atom. The molecule has 1 heterocycles. The first-order valence-electron chi connectivity index (χ1n) is 6.89. The second-order valence-electron chi connectivity index (χ2n) is 4.74. The number of hydrogen-bond acceptors (Lipinski definition) is 4. The molecule has 0 unspecified atom stereocenters. The van der Waals surface area contributed by atoms with Gasteiger partial charge < -0.3 is 25.0 Å². The number of aromatic carboxylic acids is 1. The number of carbonyl (C=O) groups is 2. The molecule has 3 N–H and O–H groups in total. The summed E-state index contributed by atoms with van der Waals surface area (Å²) in [4.78, 5) is 27.7. The topological polar surface area (TPSA) is 108 Å². The maximum absolute atomic E-state index is 11.8. The highest BCUT2D eigenvalue weighted by Gasteiger charge is 2.08. The highest BCUT2D eigenvalue weighted by atomic mass is 16.4. The third kappa shape index (κ3) is 6.26. The van der Waals surface area contributed by atoms with Crippen LogP contribution in [0.1, 0.15) is 29.8 Å². The van der Waals surface area contributed by atoms with Crippen LogP contribution in [0.3, 0.4) is 0 Å². The molecule has 21 heavy (non-hydrogen) atoms. The van der Waals surface area contributed by atoms with Gasteiger partial charge in [-0.3, -0.25) is 0 Å². The van der Waals surface area contributed by atoms with Crippen molar-refractivity contribution in [3.63, 3.8) is 0 Å². The van der Waals surface area contributed by atoms with Gasteiger partial charge in [0.2, 0.25) is 0 Å². The van der Waals surface area contributed by atoms with Gasteiger partial charge in [0.05, 0.1) is 6.33 Å². The van der Waals surface area contributed by atoms with Crippen LogP contribution in [0.2, 0.25) is 0 Å². The molecule has 0 atom stereocenters. The van der Waals surface area contributed by atoms with Gasteiger partial charge in [-0.2, -0.15) is 0 Å². The summed E-state index contributed by atoms with van der Waals surface area (Å²) in [6, 6.07) is -0.169. The lowest BCUT2D eigenvalue weighted by atomic mass is 10.2. The van der Waals surface area contributed by atoms with Crippen LogP contribution in [0.25, 0.3) is 0 Å². The van der Waals surface area contributed by atoms with Crippen LogP contribution in [-0.4, -0.2) is 63.4 Å². The molecule has 0 aliphatic rings. The fourth-order valence-electron chi connectivity index (χ4n) is 1.76. The number of amides is 2. The number of nitrogens with zero attached hydrogens (tertiary/aromatic N) is 3. The number of aliphatic hydroxyl groups excluding tert-OH is 1. The lowest BCUT2D eigenvalue weighted by molar-refractivity contribution is 0.0691. The molecule has 2 amide bonds. The number of aliphatic hydroxyl groups is 1. The summed E-state index contributed by atoms with van der Waals surface area (Å²) < 4.78 is 1.62. The molecule has 0 saturated heterocycles. The molecule has 0 bridgehead atoms. The van der Waals surface area contributed by atoms with Gasteiger partial charge in [-0.05, 0) is 19.3 Å². The minimum absolute atomic E-state index is 0.0117. The van der Waals surface area contributed by atoms with E-state index >= 15 is 0 Å². The third-order valence-electron chi connectivity index (χ3n) is 3.00. The summed E-state index contributed by atoms with van der Waals surface area (Å²) >= 11 is 0. The Bertz CT molecular complexity index is 461. The first-order chi connectivity index (χ1) is 10.0. The van der Waals surface area contributed by atoms with E-state index in [0.717, 1.165) is 19.3 Å². The van der Waals surface area contributed by atoms with Crippen molar-refractivity contribution in [2.45, 2.75) is 25.8 Å². The van der Waals surface area contributed by atoms with Gasteiger partial charge in [0.1, 0.15) is 0 Å². The number of carbonyl (C=O) groups excluding carboxylic acids is 1. The van der Waals surface area contributed by atoms with E-state index in [2.05, 4.69) is 10.3 Å². The molecule has 0 aromatic carbocycles. The smallest absolute Gasteiger partial charge is 0.356 e. The molecule has 1 rings (SSSR count). The van der Waals surface area contributed by atoms with Crippen LogP contribution >= 0.6 is 0 Å². The van der Waals surface area contributed by atoms with Crippen molar-refractivity contribution < 1.29 is 19.8 Å². The van der Waals surface area contributed by atoms with Crippen molar-refractivity contribution in [3.05, 3.63) is 18.2 Å². The summed E-state index contributed by atoms with van der Waals surface area (Å²) in [5.74, 6) is -1.07. The molecular formula is C13H22N4O4. The molecule has 0 fully saturated rings. The average molecular weight is 298 g/mol. The zero-order valence-electron chi connectivity index (χ0n) is 12.2. The van der Waals surface area contributed by atoms with Crippen LogP contribution in [0, 0.1) is 0 Å². The van der Waals surface area contributed by atoms with E-state index in [9.17, 15) is 9.59 Å². The SMILES string of the molecule is CN(CCCCCO)C(=O)NCCn1cnc(C(=O)O)c1. The Labute approximate surface area is 123 Å². The molecular weight excluding hydrogens is 276 g/mol. The lowest BCUT2D eigenvalue weighted by Gasteiger charge is -2.17. The van der Waals surface area contributed by atoms with Gasteiger partial charge in [0.25, 0.3) is 0 Å². The monoisotopic (exact) mass is 298 g/mol. The van der Waals surface area contributed by atoms with Crippen LogP contribution in [0.15, 0.2) is 12.5 Å². The molecule has 1 aromatic rings. The minimum atomic E-state index is -1.07. The first-order valence-corrected chi connectivity index (χ1v) is 6.89. The van der Waals surface area contributed by atoms with Crippen LogP contribution < -0.4 is 5.32 Å². The molecule has 0 aliphatic heterocycles. The van der Waals surface area contributed by atoms with Crippen molar-refractivity contribution in [1.82, 2.24) is 19.8 Å². The van der Waals surface area contributed by atoms with E-state index in [-0.39, 0.29) is 18.3 Å². The van der Waals surface area contributed by atoms with E-state index < -0.39 is 5.97 Å². The van der Waals surface area contributed by atoms with Gasteiger partial charge in [0, 0.05) is 39.5 Å². The molecule has 1 aromatic heterocycles. The molecule has 118 valence electrons. The third-order valence-corrected chi connectivity index (χ3v) is 3.00. The van der Waals surface area contributed by atoms with E-state index in [0.29, 0.717) is 19.6 Å².